The summed E-state index contributed by atoms with van der Waals surface area (Å²) in [5, 5.41) is 4.61. The maximum atomic E-state index is 13.0. The summed E-state index contributed by atoms with van der Waals surface area (Å²) >= 11 is 0. The standard InChI is InChI=1S/C21H27N3O5S/c1-4-6-15-24(30(27,28)17-13-11-16(3)12-14-17)21(26)23-20(25)22-18-9-7-8-10-19(18)29-5-2/h7-14H,4-6,15H2,1-3H3,(H2,22,23,25,26). The van der Waals surface area contributed by atoms with Crippen molar-refractivity contribution >= 4 is 27.8 Å². The molecule has 0 aromatic heterocycles. The first-order valence-corrected chi connectivity index (χ1v) is 11.2. The van der Waals surface area contributed by atoms with E-state index >= 15 is 0 Å². The zero-order valence-electron chi connectivity index (χ0n) is 17.3. The molecule has 0 heterocycles. The quantitative estimate of drug-likeness (QED) is 0.651. The number of hydrogen-bond donors (Lipinski definition) is 2. The smallest absolute Gasteiger partial charge is 0.339 e. The van der Waals surface area contributed by atoms with E-state index in [9.17, 15) is 18.0 Å². The van der Waals surface area contributed by atoms with Gasteiger partial charge in [-0.05, 0) is 44.5 Å². The number of anilines is 1. The van der Waals surface area contributed by atoms with E-state index in [-0.39, 0.29) is 11.4 Å². The molecule has 2 aromatic rings. The van der Waals surface area contributed by atoms with Crippen LogP contribution >= 0.6 is 0 Å². The van der Waals surface area contributed by atoms with Gasteiger partial charge < -0.3 is 10.1 Å². The monoisotopic (exact) mass is 433 g/mol. The van der Waals surface area contributed by atoms with Crippen molar-refractivity contribution in [3.05, 3.63) is 54.1 Å². The summed E-state index contributed by atoms with van der Waals surface area (Å²) in [6.45, 7) is 5.89. The first kappa shape index (κ1) is 23.2. The van der Waals surface area contributed by atoms with Gasteiger partial charge in [0.05, 0.1) is 17.2 Å². The summed E-state index contributed by atoms with van der Waals surface area (Å²) in [7, 11) is -4.11. The molecule has 0 atom stereocenters. The van der Waals surface area contributed by atoms with Gasteiger partial charge in [0.25, 0.3) is 10.0 Å². The zero-order chi connectivity index (χ0) is 22.1. The Labute approximate surface area is 177 Å². The van der Waals surface area contributed by atoms with Gasteiger partial charge in [-0.2, -0.15) is 0 Å². The fourth-order valence-electron chi connectivity index (χ4n) is 2.63. The normalized spacial score (nSPS) is 10.9. The van der Waals surface area contributed by atoms with Crippen molar-refractivity contribution in [2.45, 2.75) is 38.5 Å². The Morgan fingerprint density at radius 1 is 1.03 bits per heavy atom. The predicted octanol–water partition coefficient (Wildman–Crippen LogP) is 4.13. The SMILES string of the molecule is CCCCN(C(=O)NC(=O)Nc1ccccc1OCC)S(=O)(=O)c1ccc(C)cc1. The third-order valence-electron chi connectivity index (χ3n) is 4.21. The predicted molar refractivity (Wildman–Crippen MR) is 115 cm³/mol. The Morgan fingerprint density at radius 2 is 1.70 bits per heavy atom. The Morgan fingerprint density at radius 3 is 2.33 bits per heavy atom. The number of hydrogen-bond acceptors (Lipinski definition) is 5. The molecule has 0 saturated carbocycles. The number of aryl methyl sites for hydroxylation is 1. The minimum atomic E-state index is -4.11. The van der Waals surface area contributed by atoms with E-state index in [2.05, 4.69) is 10.6 Å². The van der Waals surface area contributed by atoms with Crippen molar-refractivity contribution in [2.24, 2.45) is 0 Å². The zero-order valence-corrected chi connectivity index (χ0v) is 18.2. The van der Waals surface area contributed by atoms with Gasteiger partial charge in [-0.3, -0.25) is 5.32 Å². The molecule has 0 unspecified atom stereocenters. The molecule has 0 radical (unpaired) electrons. The number of nitrogens with one attached hydrogen (secondary N) is 2. The molecule has 0 saturated heterocycles. The van der Waals surface area contributed by atoms with Crippen LogP contribution in [0.1, 0.15) is 32.3 Å². The Bertz CT molecular complexity index is 974. The van der Waals surface area contributed by atoms with Gasteiger partial charge in [-0.1, -0.05) is 43.2 Å². The van der Waals surface area contributed by atoms with E-state index in [0.29, 0.717) is 35.2 Å². The van der Waals surface area contributed by atoms with Crippen LogP contribution in [-0.4, -0.2) is 37.9 Å². The maximum Gasteiger partial charge on any atom is 0.339 e. The van der Waals surface area contributed by atoms with Crippen LogP contribution in [0.15, 0.2) is 53.4 Å². The molecule has 4 amide bonds. The van der Waals surface area contributed by atoms with Crippen molar-refractivity contribution in [3.8, 4) is 5.75 Å². The van der Waals surface area contributed by atoms with Crippen LogP contribution in [0.2, 0.25) is 0 Å². The van der Waals surface area contributed by atoms with E-state index in [1.165, 1.54) is 12.1 Å². The first-order chi connectivity index (χ1) is 14.3. The third kappa shape index (κ3) is 5.96. The highest BCUT2D eigenvalue weighted by Crippen LogP contribution is 2.23. The molecule has 0 aliphatic heterocycles. The minimum absolute atomic E-state index is 0.0125. The van der Waals surface area contributed by atoms with Gasteiger partial charge in [-0.15, -0.1) is 0 Å². The van der Waals surface area contributed by atoms with Crippen LogP contribution in [-0.2, 0) is 10.0 Å². The van der Waals surface area contributed by atoms with E-state index in [4.69, 9.17) is 4.74 Å². The van der Waals surface area contributed by atoms with Crippen LogP contribution in [0.3, 0.4) is 0 Å². The number of ether oxygens (including phenoxy) is 1. The molecule has 8 nitrogen and oxygen atoms in total. The van der Waals surface area contributed by atoms with E-state index in [1.54, 1.807) is 36.4 Å². The fourth-order valence-corrected chi connectivity index (χ4v) is 4.00. The average molecular weight is 434 g/mol. The molecule has 2 rings (SSSR count). The molecule has 0 aliphatic rings. The second kappa shape index (κ2) is 10.6. The Hall–Kier alpha value is -3.07. The number of rotatable bonds is 8. The second-order valence-electron chi connectivity index (χ2n) is 6.56. The van der Waals surface area contributed by atoms with Gasteiger partial charge >= 0.3 is 12.1 Å². The number of nitrogens with zero attached hydrogens (tertiary/aromatic N) is 1. The lowest BCUT2D eigenvalue weighted by Crippen LogP contribution is -2.47. The number of sulfonamides is 1. The highest BCUT2D eigenvalue weighted by Gasteiger charge is 2.30. The Balaban J connectivity index is 2.19. The van der Waals surface area contributed by atoms with Gasteiger partial charge in [0.15, 0.2) is 0 Å². The molecule has 0 spiro atoms. The molecular weight excluding hydrogens is 406 g/mol. The molecule has 2 N–H and O–H groups in total. The number of carbonyl (C=O) groups is 2. The Kier molecular flexibility index (Phi) is 8.23. The second-order valence-corrected chi connectivity index (χ2v) is 8.42. The minimum Gasteiger partial charge on any atom is -0.492 e. The topological polar surface area (TPSA) is 105 Å². The van der Waals surface area contributed by atoms with E-state index < -0.39 is 22.1 Å². The van der Waals surface area contributed by atoms with Gasteiger partial charge in [0, 0.05) is 6.54 Å². The van der Waals surface area contributed by atoms with Crippen LogP contribution < -0.4 is 15.4 Å². The molecule has 0 aliphatic carbocycles. The number of carbonyl (C=O) groups excluding carboxylic acids is 2. The molecule has 0 fully saturated rings. The molecule has 162 valence electrons. The number of imide groups is 1. The lowest BCUT2D eigenvalue weighted by atomic mass is 10.2. The first-order valence-electron chi connectivity index (χ1n) is 9.72. The molecule has 30 heavy (non-hydrogen) atoms. The van der Waals surface area contributed by atoms with Gasteiger partial charge in [0.2, 0.25) is 0 Å². The summed E-state index contributed by atoms with van der Waals surface area (Å²) in [6, 6.07) is 11.1. The summed E-state index contributed by atoms with van der Waals surface area (Å²) in [6.07, 6.45) is 1.15. The van der Waals surface area contributed by atoms with Crippen LogP contribution in [0.4, 0.5) is 15.3 Å². The van der Waals surface area contributed by atoms with Crippen LogP contribution in [0, 0.1) is 6.92 Å². The van der Waals surface area contributed by atoms with Crippen molar-refractivity contribution in [1.82, 2.24) is 9.62 Å². The number of urea groups is 2. The fraction of sp³-hybridized carbons (Fsp3) is 0.333. The van der Waals surface area contributed by atoms with E-state index in [1.807, 2.05) is 20.8 Å². The maximum absolute atomic E-state index is 13.0. The molecule has 2 aromatic carbocycles. The van der Waals surface area contributed by atoms with E-state index in [0.717, 1.165) is 5.56 Å². The molecular formula is C21H27N3O5S. The number of benzene rings is 2. The lowest BCUT2D eigenvalue weighted by molar-refractivity contribution is 0.218. The molecule has 9 heteroatoms. The summed E-state index contributed by atoms with van der Waals surface area (Å²) in [4.78, 5) is 25.0. The lowest BCUT2D eigenvalue weighted by Gasteiger charge is -2.22. The van der Waals surface area contributed by atoms with Crippen molar-refractivity contribution < 1.29 is 22.7 Å². The molecule has 0 bridgehead atoms. The number of amides is 4. The highest BCUT2D eigenvalue weighted by molar-refractivity contribution is 7.89. The summed E-state index contributed by atoms with van der Waals surface area (Å²) in [5.41, 5.74) is 1.26. The van der Waals surface area contributed by atoms with Crippen LogP contribution in [0.5, 0.6) is 5.75 Å². The third-order valence-corrected chi connectivity index (χ3v) is 6.00. The highest BCUT2D eigenvalue weighted by atomic mass is 32.2. The van der Waals surface area contributed by atoms with Gasteiger partial charge in [-0.25, -0.2) is 22.3 Å². The summed E-state index contributed by atoms with van der Waals surface area (Å²) in [5.74, 6) is 0.442. The largest absolute Gasteiger partial charge is 0.492 e. The average Bonchev–Trinajstić information content (AvgIpc) is 2.70. The van der Waals surface area contributed by atoms with Crippen LogP contribution in [0.25, 0.3) is 0 Å². The van der Waals surface area contributed by atoms with Crippen molar-refractivity contribution in [3.63, 3.8) is 0 Å². The summed E-state index contributed by atoms with van der Waals surface area (Å²) < 4.78 is 32.1. The van der Waals surface area contributed by atoms with Crippen molar-refractivity contribution in [1.29, 1.82) is 0 Å². The number of unbranched alkanes of at least 4 members (excludes halogenated alkanes) is 1. The van der Waals surface area contributed by atoms with Gasteiger partial charge in [0.1, 0.15) is 5.75 Å². The number of para-hydroxylation sites is 2. The van der Waals surface area contributed by atoms with Crippen molar-refractivity contribution in [2.75, 3.05) is 18.5 Å².